The van der Waals surface area contributed by atoms with Gasteiger partial charge in [-0.05, 0) is 93.1 Å². The van der Waals surface area contributed by atoms with Crippen LogP contribution in [0.2, 0.25) is 5.02 Å². The first kappa shape index (κ1) is 23.1. The van der Waals surface area contributed by atoms with E-state index < -0.39 is 0 Å². The molecule has 0 amide bonds. The van der Waals surface area contributed by atoms with Crippen LogP contribution in [0.25, 0.3) is 0 Å². The van der Waals surface area contributed by atoms with E-state index in [0.29, 0.717) is 5.02 Å². The van der Waals surface area contributed by atoms with Crippen LogP contribution in [0.3, 0.4) is 0 Å². The van der Waals surface area contributed by atoms with Gasteiger partial charge in [-0.15, -0.1) is 0 Å². The standard InChI is InChI=1S/C26H31ClN2O2/c1-29(2)17-4-18-30-24-11-7-21(8-12-24)15-16-28-20-22-5-3-6-26(19-22)31-25-13-9-23(27)10-14-25/h3,5-14,19,28H,4,15-18,20H2,1-2H3. The fraction of sp³-hybridized carbons (Fsp3) is 0.308. The van der Waals surface area contributed by atoms with E-state index in [1.54, 1.807) is 0 Å². The first-order valence-corrected chi connectivity index (χ1v) is 11.1. The second-order valence-corrected chi connectivity index (χ2v) is 8.22. The van der Waals surface area contributed by atoms with Crippen molar-refractivity contribution in [1.29, 1.82) is 0 Å². The highest BCUT2D eigenvalue weighted by molar-refractivity contribution is 6.30. The van der Waals surface area contributed by atoms with Crippen LogP contribution in [0.4, 0.5) is 0 Å². The number of nitrogens with zero attached hydrogens (tertiary/aromatic N) is 1. The molecule has 0 spiro atoms. The predicted octanol–water partition coefficient (Wildman–Crippen LogP) is 5.80. The Balaban J connectivity index is 1.38. The summed E-state index contributed by atoms with van der Waals surface area (Å²) in [5.74, 6) is 2.54. The fourth-order valence-corrected chi connectivity index (χ4v) is 3.27. The molecule has 0 radical (unpaired) electrons. The monoisotopic (exact) mass is 438 g/mol. The van der Waals surface area contributed by atoms with Gasteiger partial charge in [0.2, 0.25) is 0 Å². The molecule has 164 valence electrons. The molecule has 0 unspecified atom stereocenters. The molecule has 0 saturated carbocycles. The van der Waals surface area contributed by atoms with Crippen LogP contribution in [-0.2, 0) is 13.0 Å². The Labute approximate surface area is 190 Å². The van der Waals surface area contributed by atoms with Gasteiger partial charge >= 0.3 is 0 Å². The van der Waals surface area contributed by atoms with Gasteiger partial charge in [0, 0.05) is 18.1 Å². The maximum atomic E-state index is 5.93. The molecule has 3 aromatic rings. The van der Waals surface area contributed by atoms with Gasteiger partial charge in [-0.25, -0.2) is 0 Å². The van der Waals surface area contributed by atoms with Gasteiger partial charge in [-0.1, -0.05) is 35.9 Å². The summed E-state index contributed by atoms with van der Waals surface area (Å²) in [4.78, 5) is 2.17. The van der Waals surface area contributed by atoms with Gasteiger partial charge in [0.05, 0.1) is 6.61 Å². The average molecular weight is 439 g/mol. The highest BCUT2D eigenvalue weighted by atomic mass is 35.5. The summed E-state index contributed by atoms with van der Waals surface area (Å²) >= 11 is 5.93. The molecule has 0 aromatic heterocycles. The third-order valence-electron chi connectivity index (χ3n) is 4.81. The molecular formula is C26H31ClN2O2. The highest BCUT2D eigenvalue weighted by Crippen LogP contribution is 2.23. The lowest BCUT2D eigenvalue weighted by molar-refractivity contribution is 0.281. The minimum Gasteiger partial charge on any atom is -0.494 e. The zero-order valence-electron chi connectivity index (χ0n) is 18.3. The summed E-state index contributed by atoms with van der Waals surface area (Å²) in [7, 11) is 4.16. The minimum atomic E-state index is 0.701. The second kappa shape index (κ2) is 12.4. The Morgan fingerprint density at radius 1 is 0.839 bits per heavy atom. The van der Waals surface area contributed by atoms with E-state index in [1.165, 1.54) is 11.1 Å². The van der Waals surface area contributed by atoms with Gasteiger partial charge in [0.15, 0.2) is 0 Å². The summed E-state index contributed by atoms with van der Waals surface area (Å²) in [5.41, 5.74) is 2.49. The molecule has 4 nitrogen and oxygen atoms in total. The molecular weight excluding hydrogens is 408 g/mol. The van der Waals surface area contributed by atoms with Crippen LogP contribution in [-0.4, -0.2) is 38.7 Å². The van der Waals surface area contributed by atoms with E-state index in [1.807, 2.05) is 36.4 Å². The molecule has 0 bridgehead atoms. The molecule has 3 rings (SSSR count). The van der Waals surface area contributed by atoms with Gasteiger partial charge in [-0.3, -0.25) is 0 Å². The molecule has 0 heterocycles. The molecule has 1 N–H and O–H groups in total. The average Bonchev–Trinajstić information content (AvgIpc) is 2.77. The van der Waals surface area contributed by atoms with E-state index >= 15 is 0 Å². The first-order valence-electron chi connectivity index (χ1n) is 10.7. The van der Waals surface area contributed by atoms with Crippen molar-refractivity contribution < 1.29 is 9.47 Å². The quantitative estimate of drug-likeness (QED) is 0.362. The predicted molar refractivity (Wildman–Crippen MR) is 128 cm³/mol. The largest absolute Gasteiger partial charge is 0.494 e. The van der Waals surface area contributed by atoms with E-state index in [9.17, 15) is 0 Å². The molecule has 31 heavy (non-hydrogen) atoms. The van der Waals surface area contributed by atoms with E-state index in [2.05, 4.69) is 60.7 Å². The number of hydrogen-bond acceptors (Lipinski definition) is 4. The molecule has 5 heteroatoms. The summed E-state index contributed by atoms with van der Waals surface area (Å²) in [6, 6.07) is 23.9. The molecule has 0 aliphatic carbocycles. The van der Waals surface area contributed by atoms with Crippen LogP contribution in [0.1, 0.15) is 17.5 Å². The fourth-order valence-electron chi connectivity index (χ4n) is 3.15. The van der Waals surface area contributed by atoms with Crippen LogP contribution in [0.15, 0.2) is 72.8 Å². The van der Waals surface area contributed by atoms with Gasteiger partial charge < -0.3 is 19.7 Å². The van der Waals surface area contributed by atoms with Gasteiger partial charge in [0.1, 0.15) is 17.2 Å². The number of benzene rings is 3. The zero-order chi connectivity index (χ0) is 21.9. The molecule has 0 aliphatic heterocycles. The van der Waals surface area contributed by atoms with Crippen molar-refractivity contribution >= 4 is 11.6 Å². The summed E-state index contributed by atoms with van der Waals surface area (Å²) < 4.78 is 11.7. The Hall–Kier alpha value is -2.53. The zero-order valence-corrected chi connectivity index (χ0v) is 19.1. The number of hydrogen-bond donors (Lipinski definition) is 1. The lowest BCUT2D eigenvalue weighted by Gasteiger charge is -2.11. The smallest absolute Gasteiger partial charge is 0.127 e. The van der Waals surface area contributed by atoms with Gasteiger partial charge in [-0.2, -0.15) is 0 Å². The molecule has 0 aliphatic rings. The Kier molecular flexibility index (Phi) is 9.22. The van der Waals surface area contributed by atoms with Crippen molar-refractivity contribution in [3.63, 3.8) is 0 Å². The lowest BCUT2D eigenvalue weighted by Crippen LogP contribution is -2.16. The SMILES string of the molecule is CN(C)CCCOc1ccc(CCNCc2cccc(Oc3ccc(Cl)cc3)c2)cc1. The number of nitrogens with one attached hydrogen (secondary N) is 1. The van der Waals surface area contributed by atoms with E-state index in [4.69, 9.17) is 21.1 Å². The number of rotatable bonds is 12. The van der Waals surface area contributed by atoms with E-state index in [0.717, 1.165) is 56.3 Å². The number of ether oxygens (including phenoxy) is 2. The third-order valence-corrected chi connectivity index (χ3v) is 5.06. The normalized spacial score (nSPS) is 11.0. The van der Waals surface area contributed by atoms with Crippen LogP contribution < -0.4 is 14.8 Å². The van der Waals surface area contributed by atoms with Crippen LogP contribution in [0.5, 0.6) is 17.2 Å². The van der Waals surface area contributed by atoms with Crippen LogP contribution in [0, 0.1) is 0 Å². The molecule has 0 atom stereocenters. The summed E-state index contributed by atoms with van der Waals surface area (Å²) in [6.45, 7) is 3.50. The molecule has 3 aromatic carbocycles. The maximum Gasteiger partial charge on any atom is 0.127 e. The first-order chi connectivity index (χ1) is 15.1. The van der Waals surface area contributed by atoms with Crippen molar-refractivity contribution in [3.8, 4) is 17.2 Å². The van der Waals surface area contributed by atoms with Crippen molar-refractivity contribution in [1.82, 2.24) is 10.2 Å². The minimum absolute atomic E-state index is 0.701. The maximum absolute atomic E-state index is 5.93. The Morgan fingerprint density at radius 2 is 1.58 bits per heavy atom. The Bertz CT molecular complexity index is 911. The lowest BCUT2D eigenvalue weighted by atomic mass is 10.1. The molecule has 0 saturated heterocycles. The Morgan fingerprint density at radius 3 is 2.32 bits per heavy atom. The highest BCUT2D eigenvalue weighted by Gasteiger charge is 2.01. The van der Waals surface area contributed by atoms with E-state index in [-0.39, 0.29) is 0 Å². The van der Waals surface area contributed by atoms with Crippen LogP contribution >= 0.6 is 11.6 Å². The van der Waals surface area contributed by atoms with Gasteiger partial charge in [0.25, 0.3) is 0 Å². The topological polar surface area (TPSA) is 33.7 Å². The van der Waals surface area contributed by atoms with Crippen molar-refractivity contribution in [2.75, 3.05) is 33.8 Å². The summed E-state index contributed by atoms with van der Waals surface area (Å²) in [5, 5.41) is 4.21. The third kappa shape index (κ3) is 8.62. The second-order valence-electron chi connectivity index (χ2n) is 7.78. The van der Waals surface area contributed by atoms with Crippen molar-refractivity contribution in [2.24, 2.45) is 0 Å². The van der Waals surface area contributed by atoms with Crippen molar-refractivity contribution in [2.45, 2.75) is 19.4 Å². The summed E-state index contributed by atoms with van der Waals surface area (Å²) in [6.07, 6.45) is 2.01. The number of halogens is 1. The molecule has 0 fully saturated rings. The van der Waals surface area contributed by atoms with Crippen molar-refractivity contribution in [3.05, 3.63) is 88.9 Å².